The molecule has 2 aromatic rings. The second kappa shape index (κ2) is 5.92. The predicted molar refractivity (Wildman–Crippen MR) is 83.9 cm³/mol. The Labute approximate surface area is 124 Å². The molecule has 1 heterocycles. The van der Waals surface area contributed by atoms with E-state index >= 15 is 0 Å². The van der Waals surface area contributed by atoms with Crippen LogP contribution in [0, 0.1) is 0 Å². The zero-order valence-electron chi connectivity index (χ0n) is 12.1. The number of benzene rings is 2. The van der Waals surface area contributed by atoms with E-state index in [4.69, 9.17) is 0 Å². The summed E-state index contributed by atoms with van der Waals surface area (Å²) in [5.74, 6) is 0.0481. The summed E-state index contributed by atoms with van der Waals surface area (Å²) in [5.41, 5.74) is 3.17. The lowest BCUT2D eigenvalue weighted by Gasteiger charge is -2.22. The molecule has 21 heavy (non-hydrogen) atoms. The molecule has 3 rings (SSSR count). The van der Waals surface area contributed by atoms with Gasteiger partial charge >= 0.3 is 0 Å². The van der Waals surface area contributed by atoms with Gasteiger partial charge in [0.1, 0.15) is 0 Å². The summed E-state index contributed by atoms with van der Waals surface area (Å²) < 4.78 is 0. The number of nitrogens with zero attached hydrogens (tertiary/aromatic N) is 2. The maximum absolute atomic E-state index is 12.6. The number of hydrogen-bond acceptors (Lipinski definition) is 2. The monoisotopic (exact) mass is 278 g/mol. The highest BCUT2D eigenvalue weighted by Crippen LogP contribution is 2.30. The Kier molecular flexibility index (Phi) is 3.82. The third-order valence-corrected chi connectivity index (χ3v) is 3.70. The van der Waals surface area contributed by atoms with E-state index in [1.165, 1.54) is 0 Å². The highest BCUT2D eigenvalue weighted by Gasteiger charge is 2.30. The number of amides is 1. The summed E-state index contributed by atoms with van der Waals surface area (Å²) in [5, 5.41) is 6.09. The minimum atomic E-state index is 0.0300. The van der Waals surface area contributed by atoms with E-state index in [1.54, 1.807) is 5.01 Å². The van der Waals surface area contributed by atoms with Crippen molar-refractivity contribution in [1.29, 1.82) is 0 Å². The third-order valence-electron chi connectivity index (χ3n) is 3.70. The molecule has 1 atom stereocenters. The molecule has 106 valence electrons. The first-order valence-electron chi connectivity index (χ1n) is 7.19. The van der Waals surface area contributed by atoms with Gasteiger partial charge in [-0.2, -0.15) is 5.10 Å². The van der Waals surface area contributed by atoms with Crippen LogP contribution in [0.2, 0.25) is 0 Å². The molecule has 0 spiro atoms. The second-order valence-corrected chi connectivity index (χ2v) is 5.37. The first-order chi connectivity index (χ1) is 10.2. The number of carbonyl (C=O) groups is 1. The van der Waals surface area contributed by atoms with Crippen LogP contribution in [-0.2, 0) is 11.2 Å². The zero-order chi connectivity index (χ0) is 14.7. The molecule has 3 heteroatoms. The van der Waals surface area contributed by atoms with Crippen molar-refractivity contribution < 1.29 is 4.79 Å². The molecular formula is C18H18N2O. The quantitative estimate of drug-likeness (QED) is 0.844. The van der Waals surface area contributed by atoms with E-state index in [-0.39, 0.29) is 11.9 Å². The highest BCUT2D eigenvalue weighted by atomic mass is 16.2. The Morgan fingerprint density at radius 3 is 2.38 bits per heavy atom. The molecule has 0 aliphatic carbocycles. The first-order valence-corrected chi connectivity index (χ1v) is 7.19. The number of hydrazone groups is 1. The minimum Gasteiger partial charge on any atom is -0.273 e. The molecule has 2 aromatic carbocycles. The lowest BCUT2D eigenvalue weighted by Crippen LogP contribution is -2.28. The highest BCUT2D eigenvalue weighted by molar-refractivity contribution is 5.89. The summed E-state index contributed by atoms with van der Waals surface area (Å²) >= 11 is 0. The van der Waals surface area contributed by atoms with Crippen molar-refractivity contribution in [2.45, 2.75) is 25.8 Å². The molecule has 1 amide bonds. The van der Waals surface area contributed by atoms with Crippen LogP contribution in [0.5, 0.6) is 0 Å². The molecule has 0 N–H and O–H groups in total. The van der Waals surface area contributed by atoms with Gasteiger partial charge in [0.05, 0.1) is 12.5 Å². The lowest BCUT2D eigenvalue weighted by molar-refractivity contribution is -0.132. The van der Waals surface area contributed by atoms with Crippen molar-refractivity contribution in [2.75, 3.05) is 0 Å². The summed E-state index contributed by atoms with van der Waals surface area (Å²) in [6.45, 7) is 1.98. The molecule has 1 aliphatic rings. The summed E-state index contributed by atoms with van der Waals surface area (Å²) in [4.78, 5) is 12.6. The minimum absolute atomic E-state index is 0.0300. The van der Waals surface area contributed by atoms with Crippen LogP contribution in [0.4, 0.5) is 0 Å². The molecule has 3 nitrogen and oxygen atoms in total. The van der Waals surface area contributed by atoms with E-state index in [1.807, 2.05) is 55.5 Å². The van der Waals surface area contributed by atoms with E-state index in [0.717, 1.165) is 23.3 Å². The molecule has 0 fully saturated rings. The fourth-order valence-corrected chi connectivity index (χ4v) is 2.68. The third kappa shape index (κ3) is 3.02. The van der Waals surface area contributed by atoms with Gasteiger partial charge in [-0.15, -0.1) is 0 Å². The number of rotatable bonds is 3. The summed E-state index contributed by atoms with van der Waals surface area (Å²) in [6.07, 6.45) is 1.20. The van der Waals surface area contributed by atoms with E-state index in [2.05, 4.69) is 17.2 Å². The fourth-order valence-electron chi connectivity index (χ4n) is 2.68. The average molecular weight is 278 g/mol. The number of carbonyl (C=O) groups excluding carboxylic acids is 1. The molecule has 0 saturated heterocycles. The average Bonchev–Trinajstić information content (AvgIpc) is 2.91. The molecule has 0 aromatic heterocycles. The van der Waals surface area contributed by atoms with Crippen molar-refractivity contribution in [3.05, 3.63) is 71.8 Å². The van der Waals surface area contributed by atoms with Gasteiger partial charge in [0.2, 0.25) is 5.91 Å². The van der Waals surface area contributed by atoms with Crippen LogP contribution in [0.3, 0.4) is 0 Å². The lowest BCUT2D eigenvalue weighted by atomic mass is 10.0. The Morgan fingerprint density at radius 2 is 1.71 bits per heavy atom. The maximum atomic E-state index is 12.6. The van der Waals surface area contributed by atoms with Crippen LogP contribution in [0.15, 0.2) is 65.8 Å². The molecule has 0 bridgehead atoms. The largest absolute Gasteiger partial charge is 0.273 e. The van der Waals surface area contributed by atoms with Crippen molar-refractivity contribution in [3.8, 4) is 0 Å². The smallest absolute Gasteiger partial charge is 0.247 e. The topological polar surface area (TPSA) is 32.7 Å². The van der Waals surface area contributed by atoms with Crippen molar-refractivity contribution in [3.63, 3.8) is 0 Å². The van der Waals surface area contributed by atoms with Crippen LogP contribution in [-0.4, -0.2) is 16.6 Å². The van der Waals surface area contributed by atoms with Gasteiger partial charge in [0.15, 0.2) is 0 Å². The SMILES string of the molecule is CC1=NN(C(=O)Cc2ccccc2)C(c2ccccc2)C1. The van der Waals surface area contributed by atoms with Gasteiger partial charge in [-0.05, 0) is 18.1 Å². The fraction of sp³-hybridized carbons (Fsp3) is 0.222. The van der Waals surface area contributed by atoms with E-state index in [0.29, 0.717) is 6.42 Å². The van der Waals surface area contributed by atoms with Crippen molar-refractivity contribution >= 4 is 11.6 Å². The van der Waals surface area contributed by atoms with E-state index in [9.17, 15) is 4.79 Å². The normalized spacial score (nSPS) is 17.7. The second-order valence-electron chi connectivity index (χ2n) is 5.37. The zero-order valence-corrected chi connectivity index (χ0v) is 12.1. The Hall–Kier alpha value is -2.42. The van der Waals surface area contributed by atoms with Crippen LogP contribution >= 0.6 is 0 Å². The molecular weight excluding hydrogens is 260 g/mol. The summed E-state index contributed by atoms with van der Waals surface area (Å²) in [6, 6.07) is 20.0. The maximum Gasteiger partial charge on any atom is 0.247 e. The van der Waals surface area contributed by atoms with Crippen molar-refractivity contribution in [2.24, 2.45) is 5.10 Å². The number of hydrogen-bond donors (Lipinski definition) is 0. The Bertz CT molecular complexity index is 649. The molecule has 1 aliphatic heterocycles. The molecule has 0 saturated carbocycles. The van der Waals surface area contributed by atoms with Crippen molar-refractivity contribution in [1.82, 2.24) is 5.01 Å². The van der Waals surface area contributed by atoms with Gasteiger partial charge in [-0.25, -0.2) is 5.01 Å². The van der Waals surface area contributed by atoms with Crippen LogP contribution < -0.4 is 0 Å². The Morgan fingerprint density at radius 1 is 1.10 bits per heavy atom. The van der Waals surface area contributed by atoms with Gasteiger partial charge in [0.25, 0.3) is 0 Å². The molecule has 0 radical (unpaired) electrons. The standard InChI is InChI=1S/C18H18N2O/c1-14-12-17(16-10-6-3-7-11-16)20(19-14)18(21)13-15-8-4-2-5-9-15/h2-11,17H,12-13H2,1H3. The van der Waals surface area contributed by atoms with Crippen LogP contribution in [0.25, 0.3) is 0 Å². The van der Waals surface area contributed by atoms with E-state index < -0.39 is 0 Å². The Balaban J connectivity index is 1.80. The van der Waals surface area contributed by atoms with Gasteiger partial charge in [0, 0.05) is 12.1 Å². The van der Waals surface area contributed by atoms with Gasteiger partial charge < -0.3 is 0 Å². The first kappa shape index (κ1) is 13.6. The van der Waals surface area contributed by atoms with Gasteiger partial charge in [-0.3, -0.25) is 4.79 Å². The van der Waals surface area contributed by atoms with Gasteiger partial charge in [-0.1, -0.05) is 60.7 Å². The predicted octanol–water partition coefficient (Wildman–Crippen LogP) is 3.58. The molecule has 1 unspecified atom stereocenters. The van der Waals surface area contributed by atoms with Crippen LogP contribution in [0.1, 0.15) is 30.5 Å². The summed E-state index contributed by atoms with van der Waals surface area (Å²) in [7, 11) is 0.